The van der Waals surface area contributed by atoms with Gasteiger partial charge in [0.1, 0.15) is 6.04 Å². The first-order valence-corrected chi connectivity index (χ1v) is 7.50. The summed E-state index contributed by atoms with van der Waals surface area (Å²) >= 11 is 0. The van der Waals surface area contributed by atoms with Gasteiger partial charge in [0.25, 0.3) is 0 Å². The van der Waals surface area contributed by atoms with Crippen LogP contribution in [0.3, 0.4) is 0 Å². The molecule has 0 bridgehead atoms. The van der Waals surface area contributed by atoms with E-state index in [0.29, 0.717) is 5.92 Å². The number of amides is 3. The van der Waals surface area contributed by atoms with Gasteiger partial charge in [0.05, 0.1) is 0 Å². The number of primary amides is 1. The van der Waals surface area contributed by atoms with Gasteiger partial charge >= 0.3 is 12.0 Å². The van der Waals surface area contributed by atoms with Gasteiger partial charge in [0.2, 0.25) is 5.91 Å². The van der Waals surface area contributed by atoms with Gasteiger partial charge < -0.3 is 21.5 Å². The monoisotopic (exact) mass is 299 g/mol. The lowest BCUT2D eigenvalue weighted by Crippen LogP contribution is -2.50. The van der Waals surface area contributed by atoms with Gasteiger partial charge in [-0.2, -0.15) is 0 Å². The molecule has 3 atom stereocenters. The smallest absolute Gasteiger partial charge is 0.326 e. The summed E-state index contributed by atoms with van der Waals surface area (Å²) in [5.74, 6) is -1.13. The van der Waals surface area contributed by atoms with Crippen molar-refractivity contribution in [1.29, 1.82) is 0 Å². The topological polar surface area (TPSA) is 122 Å². The van der Waals surface area contributed by atoms with E-state index >= 15 is 0 Å². The third-order valence-corrected chi connectivity index (χ3v) is 3.98. The number of nitrogens with two attached hydrogens (primary N) is 1. The summed E-state index contributed by atoms with van der Waals surface area (Å²) in [6.45, 7) is 2.14. The Kier molecular flexibility index (Phi) is 6.98. The van der Waals surface area contributed by atoms with E-state index in [1.165, 1.54) is 6.42 Å². The highest BCUT2D eigenvalue weighted by Gasteiger charge is 2.25. The van der Waals surface area contributed by atoms with Crippen LogP contribution >= 0.6 is 0 Å². The van der Waals surface area contributed by atoms with Crippen molar-refractivity contribution in [3.05, 3.63) is 0 Å². The number of carbonyl (C=O) groups excluding carboxylic acids is 2. The van der Waals surface area contributed by atoms with E-state index in [4.69, 9.17) is 10.8 Å². The molecule has 0 spiro atoms. The van der Waals surface area contributed by atoms with Gasteiger partial charge in [0, 0.05) is 12.5 Å². The highest BCUT2D eigenvalue weighted by Crippen LogP contribution is 2.26. The lowest BCUT2D eigenvalue weighted by atomic mass is 9.84. The van der Waals surface area contributed by atoms with Crippen LogP contribution < -0.4 is 16.4 Å². The summed E-state index contributed by atoms with van der Waals surface area (Å²) in [5.41, 5.74) is 4.99. The van der Waals surface area contributed by atoms with Crippen LogP contribution in [-0.4, -0.2) is 35.1 Å². The number of aliphatic carboxylic acids is 1. The number of hydrogen-bond donors (Lipinski definition) is 4. The van der Waals surface area contributed by atoms with Crippen molar-refractivity contribution in [2.45, 2.75) is 64.0 Å². The summed E-state index contributed by atoms with van der Waals surface area (Å²) in [4.78, 5) is 33.6. The summed E-state index contributed by atoms with van der Waals surface area (Å²) < 4.78 is 0. The third kappa shape index (κ3) is 6.46. The van der Waals surface area contributed by atoms with Gasteiger partial charge in [-0.05, 0) is 25.2 Å². The summed E-state index contributed by atoms with van der Waals surface area (Å²) in [5, 5.41) is 14.2. The molecule has 0 heterocycles. The Labute approximate surface area is 124 Å². The Hall–Kier alpha value is -1.79. The van der Waals surface area contributed by atoms with E-state index in [-0.39, 0.29) is 18.9 Å². The number of carboxylic acids is 1. The minimum absolute atomic E-state index is 0.000336. The molecule has 1 aliphatic rings. The number of carboxylic acid groups (broad SMARTS) is 1. The molecular formula is C14H25N3O4. The first kappa shape index (κ1) is 17.3. The van der Waals surface area contributed by atoms with Gasteiger partial charge in [0.15, 0.2) is 0 Å². The van der Waals surface area contributed by atoms with Crippen molar-refractivity contribution < 1.29 is 19.5 Å². The maximum atomic E-state index is 11.9. The Morgan fingerprint density at radius 2 is 2.05 bits per heavy atom. The highest BCUT2D eigenvalue weighted by molar-refractivity contribution is 5.83. The minimum atomic E-state index is -1.17. The van der Waals surface area contributed by atoms with Crippen LogP contribution in [0.15, 0.2) is 0 Å². The summed E-state index contributed by atoms with van der Waals surface area (Å²) in [6.07, 6.45) is 5.14. The number of nitrogens with one attached hydrogen (secondary N) is 2. The summed E-state index contributed by atoms with van der Waals surface area (Å²) in [7, 11) is 0. The first-order chi connectivity index (χ1) is 9.92. The molecule has 0 saturated heterocycles. The van der Waals surface area contributed by atoms with Crippen LogP contribution in [0.1, 0.15) is 51.9 Å². The van der Waals surface area contributed by atoms with Crippen LogP contribution in [0.25, 0.3) is 0 Å². The SMILES string of the molecule is CCC1CCCC(NC(=O)N[C@@H](CCC(N)=O)C(=O)O)C1. The van der Waals surface area contributed by atoms with Crippen molar-refractivity contribution in [3.8, 4) is 0 Å². The molecule has 1 saturated carbocycles. The van der Waals surface area contributed by atoms with E-state index in [1.54, 1.807) is 0 Å². The third-order valence-electron chi connectivity index (χ3n) is 3.98. The van der Waals surface area contributed by atoms with E-state index in [9.17, 15) is 14.4 Å². The fourth-order valence-electron chi connectivity index (χ4n) is 2.72. The zero-order valence-electron chi connectivity index (χ0n) is 12.4. The first-order valence-electron chi connectivity index (χ1n) is 7.50. The largest absolute Gasteiger partial charge is 0.480 e. The Bertz CT molecular complexity index is 386. The number of carbonyl (C=O) groups is 3. The van der Waals surface area contributed by atoms with Crippen molar-refractivity contribution in [2.75, 3.05) is 0 Å². The van der Waals surface area contributed by atoms with Gasteiger partial charge in [-0.25, -0.2) is 9.59 Å². The Morgan fingerprint density at radius 3 is 2.62 bits per heavy atom. The van der Waals surface area contributed by atoms with Crippen LogP contribution in [0.2, 0.25) is 0 Å². The highest BCUT2D eigenvalue weighted by atomic mass is 16.4. The molecule has 3 amide bonds. The van der Waals surface area contributed by atoms with E-state index < -0.39 is 23.9 Å². The Morgan fingerprint density at radius 1 is 1.33 bits per heavy atom. The molecule has 7 heteroatoms. The molecule has 0 aliphatic heterocycles. The van der Waals surface area contributed by atoms with Crippen molar-refractivity contribution in [1.82, 2.24) is 10.6 Å². The maximum absolute atomic E-state index is 11.9. The zero-order chi connectivity index (χ0) is 15.8. The number of urea groups is 1. The fraction of sp³-hybridized carbons (Fsp3) is 0.786. The number of rotatable bonds is 7. The second kappa shape index (κ2) is 8.49. The van der Waals surface area contributed by atoms with Gasteiger partial charge in [-0.15, -0.1) is 0 Å². The Balaban J connectivity index is 2.42. The molecular weight excluding hydrogens is 274 g/mol. The minimum Gasteiger partial charge on any atom is -0.480 e. The molecule has 1 aliphatic carbocycles. The standard InChI is InChI=1S/C14H25N3O4/c1-2-9-4-3-5-10(8-9)16-14(21)17-11(13(19)20)6-7-12(15)18/h9-11H,2-8H2,1H3,(H2,15,18)(H,19,20)(H2,16,17,21)/t9?,10?,11-/m0/s1. The second-order valence-electron chi connectivity index (χ2n) is 5.65. The molecule has 7 nitrogen and oxygen atoms in total. The van der Waals surface area contributed by atoms with Crippen LogP contribution in [-0.2, 0) is 9.59 Å². The van der Waals surface area contributed by atoms with Crippen molar-refractivity contribution in [2.24, 2.45) is 11.7 Å². The normalized spacial score (nSPS) is 23.1. The zero-order valence-corrected chi connectivity index (χ0v) is 12.4. The van der Waals surface area contributed by atoms with Crippen LogP contribution in [0.5, 0.6) is 0 Å². The van der Waals surface area contributed by atoms with Crippen molar-refractivity contribution in [3.63, 3.8) is 0 Å². The molecule has 1 rings (SSSR count). The van der Waals surface area contributed by atoms with Gasteiger partial charge in [-0.1, -0.05) is 26.2 Å². The average Bonchev–Trinajstić information content (AvgIpc) is 2.43. The number of hydrogen-bond acceptors (Lipinski definition) is 3. The molecule has 21 heavy (non-hydrogen) atoms. The van der Waals surface area contributed by atoms with Gasteiger partial charge in [-0.3, -0.25) is 4.79 Å². The molecule has 2 unspecified atom stereocenters. The molecule has 0 aromatic rings. The molecule has 1 fully saturated rings. The van der Waals surface area contributed by atoms with Crippen LogP contribution in [0, 0.1) is 5.92 Å². The van der Waals surface area contributed by atoms with E-state index in [0.717, 1.165) is 25.7 Å². The molecule has 0 aromatic heterocycles. The van der Waals surface area contributed by atoms with E-state index in [2.05, 4.69) is 17.6 Å². The summed E-state index contributed by atoms with van der Waals surface area (Å²) in [6, 6.07) is -1.49. The maximum Gasteiger partial charge on any atom is 0.326 e. The lowest BCUT2D eigenvalue weighted by molar-refractivity contribution is -0.139. The fourth-order valence-corrected chi connectivity index (χ4v) is 2.72. The lowest BCUT2D eigenvalue weighted by Gasteiger charge is -2.29. The molecule has 5 N–H and O–H groups in total. The van der Waals surface area contributed by atoms with Crippen molar-refractivity contribution >= 4 is 17.9 Å². The van der Waals surface area contributed by atoms with E-state index in [1.807, 2.05) is 0 Å². The van der Waals surface area contributed by atoms with Crippen LogP contribution in [0.4, 0.5) is 4.79 Å². The predicted octanol–water partition coefficient (Wildman–Crippen LogP) is 0.973. The molecule has 0 aromatic carbocycles. The quantitative estimate of drug-likeness (QED) is 0.559. The molecule has 0 radical (unpaired) electrons. The molecule has 120 valence electrons. The predicted molar refractivity (Wildman–Crippen MR) is 77.6 cm³/mol. The average molecular weight is 299 g/mol. The second-order valence-corrected chi connectivity index (χ2v) is 5.65.